The number of aromatic nitrogens is 2. The van der Waals surface area contributed by atoms with Crippen molar-refractivity contribution in [2.75, 3.05) is 6.54 Å². The monoisotopic (exact) mass is 335 g/mol. The molecule has 3 N–H and O–H groups in total. The van der Waals surface area contributed by atoms with Gasteiger partial charge in [0.1, 0.15) is 5.82 Å². The van der Waals surface area contributed by atoms with Crippen LogP contribution >= 0.6 is 11.6 Å². The van der Waals surface area contributed by atoms with Gasteiger partial charge in [0.2, 0.25) is 0 Å². The highest BCUT2D eigenvalue weighted by atomic mass is 35.5. The van der Waals surface area contributed by atoms with E-state index >= 15 is 0 Å². The number of nitrogens with two attached hydrogens (primary N) is 1. The summed E-state index contributed by atoms with van der Waals surface area (Å²) in [6.45, 7) is 7.85. The van der Waals surface area contributed by atoms with Crippen molar-refractivity contribution in [3.05, 3.63) is 51.9 Å². The van der Waals surface area contributed by atoms with Crippen LogP contribution in [-0.2, 0) is 20.0 Å². The molecule has 1 aromatic rings. The molecule has 1 aliphatic rings. The molecule has 23 heavy (non-hydrogen) atoms. The van der Waals surface area contributed by atoms with Crippen molar-refractivity contribution < 1.29 is 0 Å². The Balaban J connectivity index is 2.23. The van der Waals surface area contributed by atoms with Crippen molar-refractivity contribution in [1.82, 2.24) is 19.9 Å². The molecule has 1 aromatic heterocycles. The summed E-state index contributed by atoms with van der Waals surface area (Å²) in [5.74, 6) is 6.45. The van der Waals surface area contributed by atoms with Crippen LogP contribution in [0.4, 0.5) is 0 Å². The fraction of sp³-hybridized carbons (Fsp3) is 0.471. The zero-order valence-corrected chi connectivity index (χ0v) is 15.1. The Morgan fingerprint density at radius 2 is 2.17 bits per heavy atom. The molecule has 0 radical (unpaired) electrons. The summed E-state index contributed by atoms with van der Waals surface area (Å²) in [4.78, 5) is 7.02. The molecule has 0 fully saturated rings. The number of rotatable bonds is 5. The molecule has 0 saturated heterocycles. The molecular weight excluding hydrogens is 310 g/mol. The summed E-state index contributed by atoms with van der Waals surface area (Å²) >= 11 is 6.34. The summed E-state index contributed by atoms with van der Waals surface area (Å²) in [5, 5.41) is 0.656. The number of nitrogens with zero attached hydrogens (tertiary/aromatic N) is 3. The number of nitrogens with one attached hydrogen (secondary N) is 1. The van der Waals surface area contributed by atoms with Crippen LogP contribution in [0.3, 0.4) is 0 Å². The molecule has 126 valence electrons. The number of allylic oxidation sites excluding steroid dienone is 5. The van der Waals surface area contributed by atoms with E-state index in [0.717, 1.165) is 48.8 Å². The van der Waals surface area contributed by atoms with Gasteiger partial charge in [0, 0.05) is 42.1 Å². The first-order valence-electron chi connectivity index (χ1n) is 7.94. The van der Waals surface area contributed by atoms with Gasteiger partial charge < -0.3 is 14.9 Å². The molecule has 0 unspecified atom stereocenters. The fourth-order valence-electron chi connectivity index (χ4n) is 2.80. The molecule has 0 aromatic carbocycles. The summed E-state index contributed by atoms with van der Waals surface area (Å²) in [6.07, 6.45) is 7.97. The molecule has 1 aliphatic heterocycles. The molecule has 0 spiro atoms. The van der Waals surface area contributed by atoms with Gasteiger partial charge in [-0.15, -0.1) is 0 Å². The summed E-state index contributed by atoms with van der Waals surface area (Å²) in [5.41, 5.74) is 7.05. The summed E-state index contributed by atoms with van der Waals surface area (Å²) in [7, 11) is 2.09. The number of hydrogen-bond donors (Lipinski definition) is 2. The van der Waals surface area contributed by atoms with Crippen LogP contribution in [0.2, 0.25) is 0 Å². The van der Waals surface area contributed by atoms with E-state index in [-0.39, 0.29) is 0 Å². The third-order valence-electron chi connectivity index (χ3n) is 4.13. The van der Waals surface area contributed by atoms with Gasteiger partial charge in [-0.3, -0.25) is 5.84 Å². The highest BCUT2D eigenvalue weighted by molar-refractivity contribution is 6.31. The van der Waals surface area contributed by atoms with Crippen LogP contribution in [0.1, 0.15) is 37.5 Å². The van der Waals surface area contributed by atoms with Crippen molar-refractivity contribution in [1.29, 1.82) is 0 Å². The zero-order valence-electron chi connectivity index (χ0n) is 14.4. The second-order valence-corrected chi connectivity index (χ2v) is 6.26. The Morgan fingerprint density at radius 1 is 1.43 bits per heavy atom. The average molecular weight is 336 g/mol. The Kier molecular flexibility index (Phi) is 5.91. The second kappa shape index (κ2) is 7.70. The van der Waals surface area contributed by atoms with E-state index in [1.165, 1.54) is 5.69 Å². The minimum absolute atomic E-state index is 0.656. The van der Waals surface area contributed by atoms with Gasteiger partial charge in [-0.1, -0.05) is 24.6 Å². The Hall–Kier alpha value is -1.72. The SMILES string of the molecule is CC/C=C(/C=C(Cl)\C=C(/C)NN)N1CCc2c(nc(C)n2C)C1. The van der Waals surface area contributed by atoms with Crippen molar-refractivity contribution in [2.24, 2.45) is 12.9 Å². The molecule has 0 atom stereocenters. The third kappa shape index (κ3) is 4.18. The van der Waals surface area contributed by atoms with E-state index in [1.807, 2.05) is 19.1 Å². The van der Waals surface area contributed by atoms with E-state index in [1.54, 1.807) is 0 Å². The predicted molar refractivity (Wildman–Crippen MR) is 95.4 cm³/mol. The first kappa shape index (κ1) is 17.6. The number of aryl methyl sites for hydroxylation is 1. The number of hydrogen-bond acceptors (Lipinski definition) is 4. The minimum Gasteiger partial charge on any atom is -0.365 e. The van der Waals surface area contributed by atoms with Gasteiger partial charge in [-0.05, 0) is 32.4 Å². The number of hydrazine groups is 1. The lowest BCUT2D eigenvalue weighted by molar-refractivity contribution is 0.323. The highest BCUT2D eigenvalue weighted by Gasteiger charge is 2.22. The van der Waals surface area contributed by atoms with Gasteiger partial charge >= 0.3 is 0 Å². The number of imidazole rings is 1. The molecule has 5 nitrogen and oxygen atoms in total. The van der Waals surface area contributed by atoms with E-state index in [2.05, 4.69) is 46.8 Å². The summed E-state index contributed by atoms with van der Waals surface area (Å²) in [6, 6.07) is 0. The average Bonchev–Trinajstić information content (AvgIpc) is 2.81. The molecule has 2 rings (SSSR count). The van der Waals surface area contributed by atoms with Gasteiger partial charge in [0.05, 0.1) is 12.2 Å². The van der Waals surface area contributed by atoms with E-state index in [0.29, 0.717) is 5.03 Å². The van der Waals surface area contributed by atoms with E-state index < -0.39 is 0 Å². The predicted octanol–water partition coefficient (Wildman–Crippen LogP) is 2.87. The Morgan fingerprint density at radius 3 is 2.83 bits per heavy atom. The van der Waals surface area contributed by atoms with Crippen LogP contribution in [0.5, 0.6) is 0 Å². The second-order valence-electron chi connectivity index (χ2n) is 5.82. The standard InChI is InChI=1S/C17H26ClN5/c1-5-6-15(10-14(18)9-12(2)21-19)23-8-7-17-16(11-23)20-13(3)22(17)4/h6,9-10,21H,5,7-8,11,19H2,1-4H3/b12-9+,14-10+,15-6-. The maximum atomic E-state index is 6.34. The lowest BCUT2D eigenvalue weighted by atomic mass is 10.1. The first-order chi connectivity index (χ1) is 11.0. The molecule has 0 saturated carbocycles. The van der Waals surface area contributed by atoms with Crippen LogP contribution < -0.4 is 11.3 Å². The topological polar surface area (TPSA) is 59.1 Å². The molecule has 0 amide bonds. The lowest BCUT2D eigenvalue weighted by Gasteiger charge is -2.30. The Labute approximate surface area is 143 Å². The van der Waals surface area contributed by atoms with Crippen LogP contribution in [0.25, 0.3) is 0 Å². The van der Waals surface area contributed by atoms with Crippen molar-refractivity contribution >= 4 is 11.6 Å². The lowest BCUT2D eigenvalue weighted by Crippen LogP contribution is -2.30. The van der Waals surface area contributed by atoms with Gasteiger partial charge in [0.25, 0.3) is 0 Å². The molecule has 0 aliphatic carbocycles. The summed E-state index contributed by atoms with van der Waals surface area (Å²) < 4.78 is 2.19. The first-order valence-corrected chi connectivity index (χ1v) is 8.32. The highest BCUT2D eigenvalue weighted by Crippen LogP contribution is 2.24. The molecular formula is C17H26ClN5. The molecule has 2 heterocycles. The van der Waals surface area contributed by atoms with E-state index in [9.17, 15) is 0 Å². The number of halogens is 1. The Bertz CT molecular complexity index is 654. The van der Waals surface area contributed by atoms with Crippen molar-refractivity contribution in [2.45, 2.75) is 40.2 Å². The van der Waals surface area contributed by atoms with Crippen molar-refractivity contribution in [3.8, 4) is 0 Å². The smallest absolute Gasteiger partial charge is 0.105 e. The van der Waals surface area contributed by atoms with Crippen LogP contribution in [0, 0.1) is 6.92 Å². The maximum absolute atomic E-state index is 6.34. The van der Waals surface area contributed by atoms with Crippen LogP contribution in [0.15, 0.2) is 34.7 Å². The van der Waals surface area contributed by atoms with Gasteiger partial charge in [0.15, 0.2) is 0 Å². The van der Waals surface area contributed by atoms with E-state index in [4.69, 9.17) is 17.4 Å². The molecule has 6 heteroatoms. The van der Waals surface area contributed by atoms with Gasteiger partial charge in [-0.2, -0.15) is 0 Å². The largest absolute Gasteiger partial charge is 0.365 e. The quantitative estimate of drug-likeness (QED) is 0.493. The van der Waals surface area contributed by atoms with Gasteiger partial charge in [-0.25, -0.2) is 4.98 Å². The van der Waals surface area contributed by atoms with Crippen molar-refractivity contribution in [3.63, 3.8) is 0 Å². The van der Waals surface area contributed by atoms with Crippen LogP contribution in [-0.4, -0.2) is 21.0 Å². The number of fused-ring (bicyclic) bond motifs is 1. The minimum atomic E-state index is 0.656. The zero-order chi connectivity index (χ0) is 17.0. The molecule has 0 bridgehead atoms. The maximum Gasteiger partial charge on any atom is 0.105 e. The fourth-order valence-corrected chi connectivity index (χ4v) is 3.08. The normalized spacial score (nSPS) is 16.6. The third-order valence-corrected chi connectivity index (χ3v) is 4.34.